The minimum atomic E-state index is 0.0339. The van der Waals surface area contributed by atoms with Crippen LogP contribution in [0.3, 0.4) is 0 Å². The summed E-state index contributed by atoms with van der Waals surface area (Å²) in [6, 6.07) is 11.4. The Hall–Kier alpha value is -2.62. The van der Waals surface area contributed by atoms with E-state index in [-0.39, 0.29) is 6.04 Å². The third kappa shape index (κ3) is 2.52. The quantitative estimate of drug-likeness (QED) is 0.765. The minimum absolute atomic E-state index is 0.0339. The van der Waals surface area contributed by atoms with Crippen LogP contribution in [0.5, 0.6) is 5.75 Å². The molecule has 0 bridgehead atoms. The van der Waals surface area contributed by atoms with Crippen molar-refractivity contribution in [3.63, 3.8) is 0 Å². The van der Waals surface area contributed by atoms with Crippen LogP contribution >= 0.6 is 0 Å². The van der Waals surface area contributed by atoms with Crippen molar-refractivity contribution >= 4 is 16.5 Å². The summed E-state index contributed by atoms with van der Waals surface area (Å²) >= 11 is 0. The molecule has 0 aliphatic rings. The van der Waals surface area contributed by atoms with E-state index >= 15 is 0 Å². The molecule has 1 aromatic heterocycles. The summed E-state index contributed by atoms with van der Waals surface area (Å²) in [6.07, 6.45) is 3.40. The van der Waals surface area contributed by atoms with Crippen molar-refractivity contribution < 1.29 is 5.11 Å². The fourth-order valence-corrected chi connectivity index (χ4v) is 2.56. The number of aromatic nitrogens is 2. The first-order chi connectivity index (χ1) is 10.2. The maximum Gasteiger partial charge on any atom is 0.123 e. The molecule has 0 aliphatic heterocycles. The van der Waals surface area contributed by atoms with Crippen molar-refractivity contribution in [3.05, 3.63) is 60.2 Å². The normalized spacial score (nSPS) is 12.3. The van der Waals surface area contributed by atoms with Gasteiger partial charge in [-0.25, -0.2) is 0 Å². The third-order valence-electron chi connectivity index (χ3n) is 3.60. The van der Waals surface area contributed by atoms with Crippen LogP contribution in [-0.2, 0) is 0 Å². The summed E-state index contributed by atoms with van der Waals surface area (Å²) in [4.78, 5) is 8.67. The summed E-state index contributed by atoms with van der Waals surface area (Å²) in [6.45, 7) is 4.01. The first-order valence-corrected chi connectivity index (χ1v) is 6.91. The van der Waals surface area contributed by atoms with Gasteiger partial charge in [0, 0.05) is 28.9 Å². The van der Waals surface area contributed by atoms with Gasteiger partial charge in [0.25, 0.3) is 0 Å². The number of hydrogen-bond acceptors (Lipinski definition) is 4. The Morgan fingerprint density at radius 3 is 2.52 bits per heavy atom. The highest BCUT2D eigenvalue weighted by Gasteiger charge is 2.12. The number of aromatic hydroxyl groups is 1. The lowest BCUT2D eigenvalue weighted by atomic mass is 10.1. The van der Waals surface area contributed by atoms with Crippen LogP contribution in [0.4, 0.5) is 5.69 Å². The van der Waals surface area contributed by atoms with Gasteiger partial charge in [-0.15, -0.1) is 0 Å². The van der Waals surface area contributed by atoms with Crippen LogP contribution in [0.1, 0.15) is 24.4 Å². The minimum Gasteiger partial charge on any atom is -0.507 e. The predicted octanol–water partition coefficient (Wildman–Crippen LogP) is 3.82. The van der Waals surface area contributed by atoms with Crippen molar-refractivity contribution in [2.45, 2.75) is 19.9 Å². The van der Waals surface area contributed by atoms with E-state index in [9.17, 15) is 5.11 Å². The zero-order chi connectivity index (χ0) is 14.8. The van der Waals surface area contributed by atoms with E-state index in [1.807, 2.05) is 37.3 Å². The highest BCUT2D eigenvalue weighted by atomic mass is 16.3. The number of anilines is 1. The zero-order valence-electron chi connectivity index (χ0n) is 12.0. The molecule has 0 amide bonds. The van der Waals surface area contributed by atoms with Gasteiger partial charge in [0.1, 0.15) is 5.75 Å². The van der Waals surface area contributed by atoms with E-state index in [1.165, 1.54) is 0 Å². The molecule has 2 aromatic carbocycles. The van der Waals surface area contributed by atoms with Crippen molar-refractivity contribution in [2.75, 3.05) is 5.32 Å². The average Bonchev–Trinajstić information content (AvgIpc) is 2.49. The number of nitrogens with zero attached hydrogens (tertiary/aromatic N) is 2. The van der Waals surface area contributed by atoms with Crippen molar-refractivity contribution in [1.82, 2.24) is 9.97 Å². The number of phenolic OH excluding ortho intramolecular Hbond substituents is 1. The van der Waals surface area contributed by atoms with Gasteiger partial charge in [0.05, 0.1) is 17.4 Å². The van der Waals surface area contributed by atoms with Gasteiger partial charge in [-0.2, -0.15) is 0 Å². The lowest BCUT2D eigenvalue weighted by Crippen LogP contribution is -2.11. The first kappa shape index (κ1) is 13.4. The Balaban J connectivity index is 1.99. The summed E-state index contributed by atoms with van der Waals surface area (Å²) in [7, 11) is 0. The highest BCUT2D eigenvalue weighted by molar-refractivity contribution is 5.97. The van der Waals surface area contributed by atoms with Crippen molar-refractivity contribution in [1.29, 1.82) is 0 Å². The number of benzene rings is 2. The molecule has 4 heteroatoms. The number of nitrogens with one attached hydrogen (secondary N) is 1. The molecule has 0 radical (unpaired) electrons. The molecule has 0 aliphatic carbocycles. The number of hydrogen-bond donors (Lipinski definition) is 2. The number of fused-ring (bicyclic) bond motifs is 1. The first-order valence-electron chi connectivity index (χ1n) is 6.91. The predicted molar refractivity (Wildman–Crippen MR) is 84.4 cm³/mol. The topological polar surface area (TPSA) is 58.0 Å². The maximum absolute atomic E-state index is 9.94. The van der Waals surface area contributed by atoms with Crippen molar-refractivity contribution in [2.24, 2.45) is 0 Å². The molecule has 3 aromatic rings. The van der Waals surface area contributed by atoms with Crippen molar-refractivity contribution in [3.8, 4) is 5.75 Å². The van der Waals surface area contributed by atoms with Crippen LogP contribution in [-0.4, -0.2) is 15.1 Å². The van der Waals surface area contributed by atoms with Crippen LogP contribution in [0.15, 0.2) is 48.8 Å². The molecule has 1 atom stereocenters. The molecule has 4 nitrogen and oxygen atoms in total. The Kier molecular flexibility index (Phi) is 3.44. The van der Waals surface area contributed by atoms with Crippen LogP contribution in [0.25, 0.3) is 10.8 Å². The summed E-state index contributed by atoms with van der Waals surface area (Å²) in [5.41, 5.74) is 2.82. The molecule has 0 spiro atoms. The highest BCUT2D eigenvalue weighted by Crippen LogP contribution is 2.31. The molecule has 1 heterocycles. The Bertz CT molecular complexity index is 786. The maximum atomic E-state index is 9.94. The molecule has 106 valence electrons. The molecule has 3 rings (SSSR count). The van der Waals surface area contributed by atoms with E-state index in [0.717, 1.165) is 27.8 Å². The fraction of sp³-hybridized carbons (Fsp3) is 0.176. The molecule has 0 fully saturated rings. The SMILES string of the molecule is Cc1nccnc1C(C)Nc1cccc2c(O)cccc12. The van der Waals surface area contributed by atoms with Gasteiger partial charge in [-0.05, 0) is 26.0 Å². The number of phenols is 1. The van der Waals surface area contributed by atoms with Crippen LogP contribution in [0.2, 0.25) is 0 Å². The summed E-state index contributed by atoms with van der Waals surface area (Å²) < 4.78 is 0. The molecule has 2 N–H and O–H groups in total. The summed E-state index contributed by atoms with van der Waals surface area (Å²) in [5, 5.41) is 15.2. The molecular formula is C17H17N3O. The lowest BCUT2D eigenvalue weighted by Gasteiger charge is -2.17. The van der Waals surface area contributed by atoms with E-state index < -0.39 is 0 Å². The van der Waals surface area contributed by atoms with E-state index in [4.69, 9.17) is 0 Å². The van der Waals surface area contributed by atoms with Crippen LogP contribution < -0.4 is 5.32 Å². The second-order valence-corrected chi connectivity index (χ2v) is 5.07. The Labute approximate surface area is 123 Å². The molecule has 0 saturated heterocycles. The van der Waals surface area contributed by atoms with Gasteiger partial charge in [0.15, 0.2) is 0 Å². The van der Waals surface area contributed by atoms with Gasteiger partial charge in [0.2, 0.25) is 0 Å². The van der Waals surface area contributed by atoms with Gasteiger partial charge in [-0.1, -0.05) is 24.3 Å². The third-order valence-corrected chi connectivity index (χ3v) is 3.60. The Morgan fingerprint density at radius 1 is 1.00 bits per heavy atom. The monoisotopic (exact) mass is 279 g/mol. The van der Waals surface area contributed by atoms with E-state index in [1.54, 1.807) is 18.5 Å². The summed E-state index contributed by atoms with van der Waals surface area (Å²) in [5.74, 6) is 0.291. The second kappa shape index (κ2) is 5.40. The van der Waals surface area contributed by atoms with Gasteiger partial charge >= 0.3 is 0 Å². The molecule has 21 heavy (non-hydrogen) atoms. The number of aryl methyl sites for hydroxylation is 1. The average molecular weight is 279 g/mol. The second-order valence-electron chi connectivity index (χ2n) is 5.07. The smallest absolute Gasteiger partial charge is 0.123 e. The molecule has 1 unspecified atom stereocenters. The van der Waals surface area contributed by atoms with Gasteiger partial charge in [-0.3, -0.25) is 9.97 Å². The van der Waals surface area contributed by atoms with Crippen LogP contribution in [0, 0.1) is 6.92 Å². The van der Waals surface area contributed by atoms with E-state index in [0.29, 0.717) is 5.75 Å². The molecular weight excluding hydrogens is 262 g/mol. The zero-order valence-corrected chi connectivity index (χ0v) is 12.0. The number of rotatable bonds is 3. The van der Waals surface area contributed by atoms with E-state index in [2.05, 4.69) is 22.2 Å². The Morgan fingerprint density at radius 2 is 1.71 bits per heavy atom. The largest absolute Gasteiger partial charge is 0.507 e. The fourth-order valence-electron chi connectivity index (χ4n) is 2.56. The van der Waals surface area contributed by atoms with Gasteiger partial charge < -0.3 is 10.4 Å². The molecule has 0 saturated carbocycles. The standard InChI is InChI=1S/C17H17N3O/c1-11-17(19-10-9-18-11)12(2)20-15-7-3-6-14-13(15)5-4-8-16(14)21/h3-10,12,20-21H,1-2H3. The lowest BCUT2D eigenvalue weighted by molar-refractivity contribution is 0.481.